The maximum atomic E-state index is 10.6. The van der Waals surface area contributed by atoms with E-state index in [1.165, 1.54) is 116 Å². The average Bonchev–Trinajstić information content (AvgIpc) is 2.99. The predicted molar refractivity (Wildman–Crippen MR) is 181 cm³/mol. The van der Waals surface area contributed by atoms with Crippen LogP contribution in [-0.2, 0) is 9.59 Å². The molecular formula is C36H70O9. The fourth-order valence-corrected chi connectivity index (χ4v) is 5.12. The lowest BCUT2D eigenvalue weighted by Gasteiger charge is -2.34. The standard InChI is InChI=1S/C18H36O7.C18H34O2/c1-2-3-4-5-6-7-8-9-10-11-12-13-14-15(19)17(22,23)18(24,25)16(20)21;1-2-3-4-5-6-7-8-9-10-11-12-13-14-15-16-17-18(19)20/h15,19,22-25H,2-14H2,1H3,(H,20,21);9-10H,2-8,11-17H2,1H3,(H,19,20)/b;10-9-. The first-order valence-corrected chi connectivity index (χ1v) is 18.1. The molecule has 0 fully saturated rings. The lowest BCUT2D eigenvalue weighted by Crippen LogP contribution is -2.65. The maximum absolute atomic E-state index is 10.6. The number of unbranched alkanes of at least 4 members (excludes halogenated alkanes) is 22. The molecule has 1 atom stereocenters. The van der Waals surface area contributed by atoms with Gasteiger partial charge in [0.05, 0.1) is 0 Å². The first kappa shape index (κ1) is 45.6. The van der Waals surface area contributed by atoms with Crippen LogP contribution in [0.4, 0.5) is 0 Å². The van der Waals surface area contributed by atoms with Crippen molar-refractivity contribution in [2.24, 2.45) is 0 Å². The van der Waals surface area contributed by atoms with Crippen molar-refractivity contribution in [1.29, 1.82) is 0 Å². The Morgan fingerprint density at radius 1 is 0.533 bits per heavy atom. The van der Waals surface area contributed by atoms with Gasteiger partial charge in [0.25, 0.3) is 5.79 Å². The highest BCUT2D eigenvalue weighted by molar-refractivity contribution is 5.76. The summed E-state index contributed by atoms with van der Waals surface area (Å²) in [6.45, 7) is 4.46. The van der Waals surface area contributed by atoms with E-state index in [1.807, 2.05) is 0 Å². The Labute approximate surface area is 274 Å². The number of rotatable bonds is 31. The van der Waals surface area contributed by atoms with E-state index in [0.717, 1.165) is 38.5 Å². The minimum absolute atomic E-state index is 0.124. The molecule has 0 aromatic carbocycles. The van der Waals surface area contributed by atoms with Gasteiger partial charge in [0.1, 0.15) is 6.10 Å². The summed E-state index contributed by atoms with van der Waals surface area (Å²) in [6.07, 6.45) is 32.5. The fourth-order valence-electron chi connectivity index (χ4n) is 5.12. The summed E-state index contributed by atoms with van der Waals surface area (Å²) in [5, 5.41) is 64.0. The summed E-state index contributed by atoms with van der Waals surface area (Å²) in [5.41, 5.74) is 0. The third kappa shape index (κ3) is 27.3. The summed E-state index contributed by atoms with van der Waals surface area (Å²) in [4.78, 5) is 20.9. The molecule has 9 heteroatoms. The van der Waals surface area contributed by atoms with E-state index in [2.05, 4.69) is 26.0 Å². The highest BCUT2D eigenvalue weighted by atomic mass is 16.6. The molecule has 0 aliphatic heterocycles. The lowest BCUT2D eigenvalue weighted by atomic mass is 9.95. The molecule has 0 aliphatic rings. The zero-order valence-corrected chi connectivity index (χ0v) is 28.8. The number of aliphatic carboxylic acids is 2. The fraction of sp³-hybridized carbons (Fsp3) is 0.889. The molecule has 45 heavy (non-hydrogen) atoms. The second kappa shape index (κ2) is 31.1. The average molecular weight is 647 g/mol. The van der Waals surface area contributed by atoms with Gasteiger partial charge >= 0.3 is 17.7 Å². The Morgan fingerprint density at radius 2 is 0.867 bits per heavy atom. The molecule has 0 radical (unpaired) electrons. The van der Waals surface area contributed by atoms with Crippen molar-refractivity contribution in [2.75, 3.05) is 0 Å². The van der Waals surface area contributed by atoms with Crippen LogP contribution in [0.5, 0.6) is 0 Å². The van der Waals surface area contributed by atoms with Gasteiger partial charge in [-0.3, -0.25) is 4.79 Å². The van der Waals surface area contributed by atoms with Crippen LogP contribution in [0.25, 0.3) is 0 Å². The molecule has 268 valence electrons. The Bertz CT molecular complexity index is 707. The smallest absolute Gasteiger partial charge is 0.370 e. The SMILES string of the molecule is CCCCCCCC/C=C\CCCCCCCC(=O)O.CCCCCCCCCCCCCCC(O)C(O)(O)C(O)(O)C(=O)O. The van der Waals surface area contributed by atoms with Gasteiger partial charge < -0.3 is 35.7 Å². The highest BCUT2D eigenvalue weighted by Crippen LogP contribution is 2.25. The molecule has 0 aliphatic carbocycles. The van der Waals surface area contributed by atoms with Crippen molar-refractivity contribution < 1.29 is 45.3 Å². The topological polar surface area (TPSA) is 176 Å². The second-order valence-corrected chi connectivity index (χ2v) is 12.6. The van der Waals surface area contributed by atoms with Gasteiger partial charge in [0.2, 0.25) is 0 Å². The number of aliphatic hydroxyl groups excluding tert-OH is 1. The number of carbonyl (C=O) groups is 2. The zero-order valence-electron chi connectivity index (χ0n) is 28.8. The summed E-state index contributed by atoms with van der Waals surface area (Å²) in [5.74, 6) is -10.2. The highest BCUT2D eigenvalue weighted by Gasteiger charge is 2.58. The summed E-state index contributed by atoms with van der Waals surface area (Å²) in [6, 6.07) is 0. The molecule has 0 saturated carbocycles. The van der Waals surface area contributed by atoms with Crippen LogP contribution in [0.1, 0.15) is 187 Å². The van der Waals surface area contributed by atoms with E-state index in [4.69, 9.17) is 10.2 Å². The Hall–Kier alpha value is -1.52. The molecule has 0 bridgehead atoms. The summed E-state index contributed by atoms with van der Waals surface area (Å²) < 4.78 is 0. The van der Waals surface area contributed by atoms with Crippen molar-refractivity contribution in [3.8, 4) is 0 Å². The van der Waals surface area contributed by atoms with Crippen molar-refractivity contribution in [3.05, 3.63) is 12.2 Å². The summed E-state index contributed by atoms with van der Waals surface area (Å²) in [7, 11) is 0. The van der Waals surface area contributed by atoms with E-state index in [9.17, 15) is 35.1 Å². The summed E-state index contributed by atoms with van der Waals surface area (Å²) >= 11 is 0. The van der Waals surface area contributed by atoms with Crippen LogP contribution in [0.15, 0.2) is 12.2 Å². The largest absolute Gasteiger partial charge is 0.481 e. The van der Waals surface area contributed by atoms with Gasteiger partial charge in [-0.25, -0.2) is 4.79 Å². The van der Waals surface area contributed by atoms with E-state index >= 15 is 0 Å². The number of carboxylic acids is 2. The van der Waals surface area contributed by atoms with Crippen molar-refractivity contribution in [1.82, 2.24) is 0 Å². The first-order valence-electron chi connectivity index (χ1n) is 18.1. The van der Waals surface area contributed by atoms with Crippen molar-refractivity contribution in [2.45, 2.75) is 205 Å². The number of allylic oxidation sites excluding steroid dienone is 2. The van der Waals surface area contributed by atoms with Crippen LogP contribution >= 0.6 is 0 Å². The van der Waals surface area contributed by atoms with Gasteiger partial charge in [-0.1, -0.05) is 154 Å². The molecule has 1 unspecified atom stereocenters. The molecule has 0 spiro atoms. The molecule has 9 nitrogen and oxygen atoms in total. The molecule has 0 rings (SSSR count). The zero-order chi connectivity index (χ0) is 34.2. The molecule has 0 saturated heterocycles. The van der Waals surface area contributed by atoms with Gasteiger partial charge in [-0.2, -0.15) is 0 Å². The Kier molecular flexibility index (Phi) is 31.5. The predicted octanol–water partition coefficient (Wildman–Crippen LogP) is 7.99. The van der Waals surface area contributed by atoms with Crippen LogP contribution in [0.2, 0.25) is 0 Å². The van der Waals surface area contributed by atoms with E-state index in [0.29, 0.717) is 12.8 Å². The van der Waals surface area contributed by atoms with Crippen LogP contribution < -0.4 is 0 Å². The van der Waals surface area contributed by atoms with Crippen LogP contribution in [0.3, 0.4) is 0 Å². The third-order valence-corrected chi connectivity index (χ3v) is 8.26. The molecule has 7 N–H and O–H groups in total. The monoisotopic (exact) mass is 647 g/mol. The van der Waals surface area contributed by atoms with Crippen molar-refractivity contribution >= 4 is 11.9 Å². The molecule has 0 aromatic rings. The number of aliphatic hydroxyl groups is 5. The minimum atomic E-state index is -3.82. The quantitative estimate of drug-likeness (QED) is 0.0223. The number of hydrogen-bond acceptors (Lipinski definition) is 7. The van der Waals surface area contributed by atoms with E-state index in [-0.39, 0.29) is 6.42 Å². The lowest BCUT2D eigenvalue weighted by molar-refractivity contribution is -0.371. The second-order valence-electron chi connectivity index (χ2n) is 12.6. The van der Waals surface area contributed by atoms with Gasteiger partial charge in [-0.15, -0.1) is 0 Å². The van der Waals surface area contributed by atoms with Crippen molar-refractivity contribution in [3.63, 3.8) is 0 Å². The van der Waals surface area contributed by atoms with Gasteiger partial charge in [0, 0.05) is 6.42 Å². The minimum Gasteiger partial charge on any atom is -0.481 e. The van der Waals surface area contributed by atoms with Crippen LogP contribution in [0, 0.1) is 0 Å². The molecule has 0 amide bonds. The Balaban J connectivity index is 0. The molecule has 0 heterocycles. The van der Waals surface area contributed by atoms with Crippen LogP contribution in [-0.4, -0.2) is 65.4 Å². The van der Waals surface area contributed by atoms with Gasteiger partial charge in [-0.05, 0) is 38.5 Å². The normalized spacial score (nSPS) is 12.7. The maximum Gasteiger partial charge on any atom is 0.370 e. The third-order valence-electron chi connectivity index (χ3n) is 8.26. The number of hydrogen-bond donors (Lipinski definition) is 7. The van der Waals surface area contributed by atoms with Gasteiger partial charge in [0.15, 0.2) is 0 Å². The molecule has 0 aromatic heterocycles. The molecular weight excluding hydrogens is 576 g/mol. The van der Waals surface area contributed by atoms with E-state index in [1.54, 1.807) is 0 Å². The number of carboxylic acid groups (broad SMARTS) is 2. The first-order chi connectivity index (χ1) is 21.4. The Morgan fingerprint density at radius 3 is 1.22 bits per heavy atom. The van der Waals surface area contributed by atoms with E-state index < -0.39 is 29.6 Å².